The van der Waals surface area contributed by atoms with Gasteiger partial charge in [-0.1, -0.05) is 23.7 Å². The van der Waals surface area contributed by atoms with Crippen molar-refractivity contribution in [2.24, 2.45) is 0 Å². The number of sulfone groups is 1. The van der Waals surface area contributed by atoms with Crippen molar-refractivity contribution < 1.29 is 13.2 Å². The van der Waals surface area contributed by atoms with E-state index in [1.54, 1.807) is 38.1 Å². The number of aromatic nitrogens is 2. The second-order valence-corrected chi connectivity index (χ2v) is 13.7. The molecule has 11 heteroatoms. The van der Waals surface area contributed by atoms with E-state index in [4.69, 9.17) is 16.3 Å². The van der Waals surface area contributed by atoms with E-state index in [1.165, 1.54) is 45.0 Å². The van der Waals surface area contributed by atoms with Crippen LogP contribution in [0.3, 0.4) is 0 Å². The number of nitrogens with zero attached hydrogens (tertiary/aromatic N) is 4. The Hall–Kier alpha value is -3.08. The summed E-state index contributed by atoms with van der Waals surface area (Å²) in [4.78, 5) is 14.2. The van der Waals surface area contributed by atoms with Crippen molar-refractivity contribution in [2.75, 3.05) is 48.3 Å². The molecule has 0 bridgehead atoms. The Labute approximate surface area is 248 Å². The summed E-state index contributed by atoms with van der Waals surface area (Å²) >= 11 is 6.43. The molecule has 0 aliphatic carbocycles. The number of nitrogens with one attached hydrogen (secondary N) is 2. The highest BCUT2D eigenvalue weighted by Crippen LogP contribution is 2.36. The fraction of sp³-hybridized carbons (Fsp3) is 0.467. The van der Waals surface area contributed by atoms with Gasteiger partial charge in [-0.05, 0) is 83.8 Å². The molecule has 1 aromatic heterocycles. The molecule has 0 amide bonds. The second kappa shape index (κ2) is 12.8. The van der Waals surface area contributed by atoms with Gasteiger partial charge < -0.3 is 25.2 Å². The zero-order valence-corrected chi connectivity index (χ0v) is 25.5. The smallest absolute Gasteiger partial charge is 0.229 e. The topological polar surface area (TPSA) is 99.7 Å². The standard InChI is InChI=1S/C30H39ClN6O3S/c1-4-40-27-18-22(37-17-9-10-23(37)20-36-15-7-8-16-36)13-14-25(27)34-30-32-19-24(31)29(35-30)33-26-11-5-6-12-28(26)41(38,39)21(2)3/h5-6,11-14,18-19,21,23H,4,7-10,15-17,20H2,1-3H3,(H2,32,33,34,35)/t23-/m0/s1. The maximum atomic E-state index is 12.9. The Morgan fingerprint density at radius 1 is 1.05 bits per heavy atom. The molecule has 0 spiro atoms. The molecule has 220 valence electrons. The van der Waals surface area contributed by atoms with Crippen LogP contribution in [0.2, 0.25) is 5.02 Å². The molecule has 2 saturated heterocycles. The summed E-state index contributed by atoms with van der Waals surface area (Å²) in [5, 5.41) is 6.07. The quantitative estimate of drug-likeness (QED) is 0.265. The first kappa shape index (κ1) is 29.4. The lowest BCUT2D eigenvalue weighted by Crippen LogP contribution is -2.39. The number of halogens is 1. The van der Waals surface area contributed by atoms with Gasteiger partial charge in [0, 0.05) is 30.9 Å². The average Bonchev–Trinajstić information content (AvgIpc) is 3.64. The summed E-state index contributed by atoms with van der Waals surface area (Å²) in [6.45, 7) is 10.4. The van der Waals surface area contributed by atoms with Crippen molar-refractivity contribution in [3.8, 4) is 5.75 Å². The van der Waals surface area contributed by atoms with Crippen molar-refractivity contribution in [3.63, 3.8) is 0 Å². The fourth-order valence-electron chi connectivity index (χ4n) is 5.53. The summed E-state index contributed by atoms with van der Waals surface area (Å²) in [6, 6.07) is 13.5. The first-order chi connectivity index (χ1) is 19.8. The molecule has 9 nitrogen and oxygen atoms in total. The maximum Gasteiger partial charge on any atom is 0.229 e. The lowest BCUT2D eigenvalue weighted by atomic mass is 10.2. The molecule has 41 heavy (non-hydrogen) atoms. The van der Waals surface area contributed by atoms with Crippen molar-refractivity contribution in [1.29, 1.82) is 0 Å². The molecule has 2 fully saturated rings. The Bertz CT molecular complexity index is 1460. The van der Waals surface area contributed by atoms with Gasteiger partial charge in [0.25, 0.3) is 0 Å². The average molecular weight is 599 g/mol. The van der Waals surface area contributed by atoms with Gasteiger partial charge in [-0.25, -0.2) is 13.4 Å². The van der Waals surface area contributed by atoms with Gasteiger partial charge in [-0.15, -0.1) is 0 Å². The zero-order valence-electron chi connectivity index (χ0n) is 23.9. The third kappa shape index (κ3) is 6.71. The van der Waals surface area contributed by atoms with Crippen LogP contribution in [0.4, 0.5) is 28.8 Å². The fourth-order valence-corrected chi connectivity index (χ4v) is 6.87. The molecular weight excluding hydrogens is 560 g/mol. The Balaban J connectivity index is 1.37. The van der Waals surface area contributed by atoms with Gasteiger partial charge in [-0.2, -0.15) is 4.98 Å². The number of rotatable bonds is 11. The summed E-state index contributed by atoms with van der Waals surface area (Å²) in [6.07, 6.45) is 6.49. The number of para-hydroxylation sites is 1. The summed E-state index contributed by atoms with van der Waals surface area (Å²) in [5.74, 6) is 1.33. The Kier molecular flexibility index (Phi) is 9.21. The normalized spacial score (nSPS) is 17.8. The van der Waals surface area contributed by atoms with Crippen molar-refractivity contribution >= 4 is 50.3 Å². The number of likely N-dealkylation sites (tertiary alicyclic amines) is 1. The maximum absolute atomic E-state index is 12.9. The van der Waals surface area contributed by atoms with Crippen molar-refractivity contribution in [3.05, 3.63) is 53.7 Å². The van der Waals surface area contributed by atoms with E-state index in [0.717, 1.165) is 30.2 Å². The van der Waals surface area contributed by atoms with Crippen LogP contribution in [0.5, 0.6) is 5.75 Å². The van der Waals surface area contributed by atoms with Crippen molar-refractivity contribution in [1.82, 2.24) is 14.9 Å². The van der Waals surface area contributed by atoms with Gasteiger partial charge in [0.1, 0.15) is 10.8 Å². The Morgan fingerprint density at radius 3 is 2.59 bits per heavy atom. The van der Waals surface area contributed by atoms with E-state index >= 15 is 0 Å². The molecule has 0 saturated carbocycles. The van der Waals surface area contributed by atoms with Gasteiger partial charge in [0.15, 0.2) is 15.7 Å². The highest BCUT2D eigenvalue weighted by Gasteiger charge is 2.28. The van der Waals surface area contributed by atoms with Crippen LogP contribution in [0.25, 0.3) is 0 Å². The molecule has 2 aliphatic heterocycles. The third-order valence-corrected chi connectivity index (χ3v) is 10.2. The molecule has 2 aromatic carbocycles. The predicted octanol–water partition coefficient (Wildman–Crippen LogP) is 6.26. The number of ether oxygens (including phenoxy) is 1. The van der Waals surface area contributed by atoms with Crippen LogP contribution >= 0.6 is 11.6 Å². The van der Waals surface area contributed by atoms with Crippen LogP contribution in [-0.2, 0) is 9.84 Å². The predicted molar refractivity (Wildman–Crippen MR) is 166 cm³/mol. The van der Waals surface area contributed by atoms with E-state index in [1.807, 2.05) is 13.0 Å². The first-order valence-corrected chi connectivity index (χ1v) is 16.3. The monoisotopic (exact) mass is 598 g/mol. The second-order valence-electron chi connectivity index (χ2n) is 10.8. The lowest BCUT2D eigenvalue weighted by Gasteiger charge is -2.30. The van der Waals surface area contributed by atoms with Crippen LogP contribution in [0, 0.1) is 0 Å². The number of hydrogen-bond donors (Lipinski definition) is 2. The van der Waals surface area contributed by atoms with Crippen molar-refractivity contribution in [2.45, 2.75) is 62.6 Å². The Morgan fingerprint density at radius 2 is 1.83 bits per heavy atom. The first-order valence-electron chi connectivity index (χ1n) is 14.4. The van der Waals surface area contributed by atoms with Crippen LogP contribution in [0.15, 0.2) is 53.6 Å². The van der Waals surface area contributed by atoms with Crippen LogP contribution in [0.1, 0.15) is 46.5 Å². The number of hydrogen-bond acceptors (Lipinski definition) is 9. The molecule has 1 atom stereocenters. The van der Waals surface area contributed by atoms with Crippen LogP contribution in [-0.4, -0.2) is 67.4 Å². The molecule has 2 N–H and O–H groups in total. The van der Waals surface area contributed by atoms with E-state index in [2.05, 4.69) is 42.5 Å². The number of benzene rings is 2. The summed E-state index contributed by atoms with van der Waals surface area (Å²) < 4.78 is 31.9. The summed E-state index contributed by atoms with van der Waals surface area (Å²) in [5.41, 5.74) is 2.30. The van der Waals surface area contributed by atoms with E-state index < -0.39 is 15.1 Å². The molecule has 3 heterocycles. The van der Waals surface area contributed by atoms with Gasteiger partial charge in [0.2, 0.25) is 5.95 Å². The molecular formula is C30H39ClN6O3S. The highest BCUT2D eigenvalue weighted by atomic mass is 35.5. The van der Waals surface area contributed by atoms with E-state index in [-0.39, 0.29) is 9.92 Å². The molecule has 2 aliphatic rings. The molecule has 0 radical (unpaired) electrons. The third-order valence-electron chi connectivity index (χ3n) is 7.70. The minimum atomic E-state index is -3.52. The minimum Gasteiger partial charge on any atom is -0.492 e. The molecule has 5 rings (SSSR count). The molecule has 0 unspecified atom stereocenters. The number of anilines is 5. The van der Waals surface area contributed by atoms with Gasteiger partial charge in [0.05, 0.1) is 34.3 Å². The summed E-state index contributed by atoms with van der Waals surface area (Å²) in [7, 11) is -3.52. The van der Waals surface area contributed by atoms with Gasteiger partial charge >= 0.3 is 0 Å². The van der Waals surface area contributed by atoms with Crippen LogP contribution < -0.4 is 20.3 Å². The largest absolute Gasteiger partial charge is 0.492 e. The minimum absolute atomic E-state index is 0.193. The lowest BCUT2D eigenvalue weighted by molar-refractivity contribution is 0.313. The van der Waals surface area contributed by atoms with Gasteiger partial charge in [-0.3, -0.25) is 0 Å². The highest BCUT2D eigenvalue weighted by molar-refractivity contribution is 7.92. The van der Waals surface area contributed by atoms with E-state index in [0.29, 0.717) is 30.1 Å². The van der Waals surface area contributed by atoms with E-state index in [9.17, 15) is 8.42 Å². The SMILES string of the molecule is CCOc1cc(N2CCC[C@H]2CN2CCCC2)ccc1Nc1ncc(Cl)c(Nc2ccccc2S(=O)(=O)C(C)C)n1. The molecule has 3 aromatic rings. The zero-order chi connectivity index (χ0) is 29.0.